The molecule has 0 aliphatic heterocycles. The number of nitrogens with two attached hydrogens (primary N) is 1. The summed E-state index contributed by atoms with van der Waals surface area (Å²) in [7, 11) is 1.80. The summed E-state index contributed by atoms with van der Waals surface area (Å²) in [5.41, 5.74) is 2.17. The van der Waals surface area contributed by atoms with Crippen LogP contribution in [0.5, 0.6) is 0 Å². The van der Waals surface area contributed by atoms with Crippen molar-refractivity contribution in [2.75, 3.05) is 10.7 Å². The van der Waals surface area contributed by atoms with Gasteiger partial charge in [0.05, 0.1) is 23.6 Å². The molecule has 10 heteroatoms. The first-order chi connectivity index (χ1) is 9.10. The van der Waals surface area contributed by atoms with Gasteiger partial charge < -0.3 is 15.3 Å². The molecule has 100 valence electrons. The molecule has 4 N–H and O–H groups in total. The molecule has 0 amide bonds. The number of hydrazine groups is 1. The van der Waals surface area contributed by atoms with Crippen LogP contribution < -0.4 is 16.6 Å². The van der Waals surface area contributed by atoms with Gasteiger partial charge in [-0.15, -0.1) is 10.2 Å². The van der Waals surface area contributed by atoms with Crippen molar-refractivity contribution in [3.8, 4) is 0 Å². The van der Waals surface area contributed by atoms with E-state index in [1.807, 2.05) is 0 Å². The fourth-order valence-electron chi connectivity index (χ4n) is 1.42. The van der Waals surface area contributed by atoms with Gasteiger partial charge in [0.2, 0.25) is 0 Å². The van der Waals surface area contributed by atoms with Crippen LogP contribution in [0.1, 0.15) is 5.82 Å². The van der Waals surface area contributed by atoms with Crippen molar-refractivity contribution >= 4 is 17.3 Å². The zero-order valence-electron chi connectivity index (χ0n) is 10.1. The maximum absolute atomic E-state index is 10.8. The normalized spacial score (nSPS) is 10.2. The van der Waals surface area contributed by atoms with Crippen LogP contribution in [0, 0.1) is 10.1 Å². The summed E-state index contributed by atoms with van der Waals surface area (Å²) >= 11 is 0. The van der Waals surface area contributed by atoms with Crippen LogP contribution in [0.3, 0.4) is 0 Å². The molecule has 2 aromatic rings. The topological polar surface area (TPSA) is 137 Å². The number of anilines is 2. The standard InChI is InChI=1S/C9H12N8O2/c1-16-5-12-15-9(16)4-11-7-2-6(17(18)19)3-8(13-7)14-10/h2-3,5H,4,10H2,1H3,(H2,11,13,14). The Kier molecular flexibility index (Phi) is 3.52. The number of pyridine rings is 1. The number of nitrogen functional groups attached to an aromatic ring is 1. The smallest absolute Gasteiger partial charge is 0.276 e. The SMILES string of the molecule is Cn1cnnc1CNc1cc([N+](=O)[O-])cc(NN)n1. The van der Waals surface area contributed by atoms with Crippen LogP contribution in [0.15, 0.2) is 18.5 Å². The van der Waals surface area contributed by atoms with Gasteiger partial charge >= 0.3 is 0 Å². The van der Waals surface area contributed by atoms with Crippen molar-refractivity contribution in [1.82, 2.24) is 19.7 Å². The number of hydrogen-bond donors (Lipinski definition) is 3. The van der Waals surface area contributed by atoms with E-state index in [9.17, 15) is 10.1 Å². The lowest BCUT2D eigenvalue weighted by molar-refractivity contribution is -0.384. The van der Waals surface area contributed by atoms with Gasteiger partial charge in [-0.05, 0) is 0 Å². The second-order valence-corrected chi connectivity index (χ2v) is 3.71. The maximum Gasteiger partial charge on any atom is 0.276 e. The highest BCUT2D eigenvalue weighted by molar-refractivity contribution is 5.54. The van der Waals surface area contributed by atoms with Gasteiger partial charge in [-0.25, -0.2) is 10.8 Å². The Bertz CT molecular complexity index is 596. The second kappa shape index (κ2) is 5.27. The third-order valence-electron chi connectivity index (χ3n) is 2.40. The number of aromatic nitrogens is 4. The first-order valence-corrected chi connectivity index (χ1v) is 5.30. The van der Waals surface area contributed by atoms with Crippen molar-refractivity contribution in [3.05, 3.63) is 34.4 Å². The van der Waals surface area contributed by atoms with Crippen LogP contribution >= 0.6 is 0 Å². The van der Waals surface area contributed by atoms with Crippen LogP contribution in [0.25, 0.3) is 0 Å². The average molecular weight is 264 g/mol. The van der Waals surface area contributed by atoms with E-state index in [1.165, 1.54) is 12.1 Å². The van der Waals surface area contributed by atoms with Gasteiger partial charge in [-0.1, -0.05) is 0 Å². The summed E-state index contributed by atoms with van der Waals surface area (Å²) < 4.78 is 1.73. The number of nitrogens with one attached hydrogen (secondary N) is 2. The molecule has 0 saturated carbocycles. The molecule has 0 aromatic carbocycles. The van der Waals surface area contributed by atoms with Crippen LogP contribution in [-0.4, -0.2) is 24.7 Å². The molecule has 0 fully saturated rings. The van der Waals surface area contributed by atoms with Gasteiger partial charge in [0, 0.05) is 7.05 Å². The molecule has 10 nitrogen and oxygen atoms in total. The molecule has 2 heterocycles. The number of aryl methyl sites for hydroxylation is 1. The first kappa shape index (κ1) is 12.7. The van der Waals surface area contributed by atoms with Crippen molar-refractivity contribution in [2.24, 2.45) is 12.9 Å². The molecule has 0 aliphatic rings. The van der Waals surface area contributed by atoms with Crippen LogP contribution in [0.2, 0.25) is 0 Å². The summed E-state index contributed by atoms with van der Waals surface area (Å²) in [5.74, 6) is 6.42. The van der Waals surface area contributed by atoms with Gasteiger partial charge in [-0.3, -0.25) is 10.1 Å². The van der Waals surface area contributed by atoms with Crippen molar-refractivity contribution < 1.29 is 4.92 Å². The van der Waals surface area contributed by atoms with E-state index >= 15 is 0 Å². The number of nitro groups is 1. The van der Waals surface area contributed by atoms with Crippen molar-refractivity contribution in [3.63, 3.8) is 0 Å². The molecule has 0 bridgehead atoms. The summed E-state index contributed by atoms with van der Waals surface area (Å²) in [5, 5.41) is 21.3. The predicted octanol–water partition coefficient (Wildman–Crippen LogP) is 0.0160. The largest absolute Gasteiger partial charge is 0.362 e. The molecule has 0 radical (unpaired) electrons. The zero-order chi connectivity index (χ0) is 13.8. The quantitative estimate of drug-likeness (QED) is 0.390. The lowest BCUT2D eigenvalue weighted by Crippen LogP contribution is -2.11. The molecule has 19 heavy (non-hydrogen) atoms. The molecule has 2 rings (SSSR count). The Balaban J connectivity index is 2.17. The molecule has 0 atom stereocenters. The van der Waals surface area contributed by atoms with Gasteiger partial charge in [0.1, 0.15) is 18.0 Å². The highest BCUT2D eigenvalue weighted by Gasteiger charge is 2.11. The summed E-state index contributed by atoms with van der Waals surface area (Å²) in [4.78, 5) is 14.3. The average Bonchev–Trinajstić information content (AvgIpc) is 2.81. The summed E-state index contributed by atoms with van der Waals surface area (Å²) in [6, 6.07) is 2.56. The highest BCUT2D eigenvalue weighted by atomic mass is 16.6. The van der Waals surface area contributed by atoms with Gasteiger partial charge in [0.25, 0.3) is 5.69 Å². The Morgan fingerprint density at radius 1 is 1.47 bits per heavy atom. The first-order valence-electron chi connectivity index (χ1n) is 5.30. The van der Waals surface area contributed by atoms with Crippen LogP contribution in [0.4, 0.5) is 17.3 Å². The second-order valence-electron chi connectivity index (χ2n) is 3.71. The fourth-order valence-corrected chi connectivity index (χ4v) is 1.42. The van der Waals surface area contributed by atoms with Gasteiger partial charge in [0.15, 0.2) is 5.82 Å². The third kappa shape index (κ3) is 2.93. The lowest BCUT2D eigenvalue weighted by Gasteiger charge is -2.07. The molecular formula is C9H12N8O2. The molecule has 0 aliphatic carbocycles. The number of hydrogen-bond acceptors (Lipinski definition) is 8. The Morgan fingerprint density at radius 3 is 2.79 bits per heavy atom. The predicted molar refractivity (Wildman–Crippen MR) is 67.0 cm³/mol. The molecular weight excluding hydrogens is 252 g/mol. The van der Waals surface area contributed by atoms with E-state index < -0.39 is 4.92 Å². The maximum atomic E-state index is 10.8. The van der Waals surface area contributed by atoms with Crippen LogP contribution in [-0.2, 0) is 13.6 Å². The molecule has 0 spiro atoms. The Morgan fingerprint density at radius 2 is 2.21 bits per heavy atom. The van der Waals surface area contributed by atoms with Crippen molar-refractivity contribution in [2.45, 2.75) is 6.54 Å². The molecule has 0 unspecified atom stereocenters. The highest BCUT2D eigenvalue weighted by Crippen LogP contribution is 2.20. The molecule has 2 aromatic heterocycles. The Hall–Kier alpha value is -2.75. The Labute approximate surface area is 107 Å². The number of nitrogens with zero attached hydrogens (tertiary/aromatic N) is 5. The summed E-state index contributed by atoms with van der Waals surface area (Å²) in [6.07, 6.45) is 1.56. The minimum atomic E-state index is -0.518. The summed E-state index contributed by atoms with van der Waals surface area (Å²) in [6.45, 7) is 0.342. The van der Waals surface area contributed by atoms with E-state index in [1.54, 1.807) is 17.9 Å². The lowest BCUT2D eigenvalue weighted by atomic mass is 10.3. The van der Waals surface area contributed by atoms with E-state index in [-0.39, 0.29) is 11.5 Å². The fraction of sp³-hybridized carbons (Fsp3) is 0.222. The molecule has 0 saturated heterocycles. The monoisotopic (exact) mass is 264 g/mol. The van der Waals surface area contributed by atoms with Crippen molar-refractivity contribution in [1.29, 1.82) is 0 Å². The van der Waals surface area contributed by atoms with E-state index in [0.717, 1.165) is 0 Å². The van der Waals surface area contributed by atoms with E-state index in [2.05, 4.69) is 25.9 Å². The van der Waals surface area contributed by atoms with E-state index in [4.69, 9.17) is 5.84 Å². The van der Waals surface area contributed by atoms with E-state index in [0.29, 0.717) is 18.2 Å². The minimum absolute atomic E-state index is 0.108. The zero-order valence-corrected chi connectivity index (χ0v) is 10.1. The third-order valence-corrected chi connectivity index (χ3v) is 2.40. The number of rotatable bonds is 5. The van der Waals surface area contributed by atoms with Gasteiger partial charge in [-0.2, -0.15) is 0 Å². The minimum Gasteiger partial charge on any atom is -0.362 e.